The van der Waals surface area contributed by atoms with E-state index in [-0.39, 0.29) is 35.8 Å². The summed E-state index contributed by atoms with van der Waals surface area (Å²) >= 11 is 0. The minimum atomic E-state index is -0.214. The van der Waals surface area contributed by atoms with Gasteiger partial charge in [-0.3, -0.25) is 9.89 Å². The molecule has 1 atom stereocenters. The first kappa shape index (κ1) is 24.6. The summed E-state index contributed by atoms with van der Waals surface area (Å²) in [6.07, 6.45) is 2.05. The number of benzene rings is 1. The average Bonchev–Trinajstić information content (AvgIpc) is 3.13. The first-order valence-corrected chi connectivity index (χ1v) is 10.3. The second-order valence-corrected chi connectivity index (χ2v) is 7.38. The Morgan fingerprint density at radius 2 is 1.93 bits per heavy atom. The zero-order valence-electron chi connectivity index (χ0n) is 18.1. The van der Waals surface area contributed by atoms with Crippen molar-refractivity contribution in [2.24, 2.45) is 12.0 Å². The third kappa shape index (κ3) is 6.68. The number of nitrogens with zero attached hydrogens (tertiary/aromatic N) is 4. The Bertz CT molecular complexity index is 789. The molecule has 3 rings (SSSR count). The first-order valence-electron chi connectivity index (χ1n) is 10.3. The molecule has 1 aromatic carbocycles. The summed E-state index contributed by atoms with van der Waals surface area (Å²) in [5, 5.41) is 3.40. The lowest BCUT2D eigenvalue weighted by atomic mass is 10.0. The minimum Gasteiger partial charge on any atom is -0.379 e. The second kappa shape index (κ2) is 12.3. The lowest BCUT2D eigenvalue weighted by Crippen LogP contribution is -2.42. The Morgan fingerprint density at radius 1 is 1.23 bits per heavy atom. The fourth-order valence-corrected chi connectivity index (χ4v) is 3.63. The van der Waals surface area contributed by atoms with Crippen LogP contribution < -0.4 is 5.32 Å². The zero-order valence-corrected chi connectivity index (χ0v) is 20.4. The second-order valence-electron chi connectivity index (χ2n) is 7.38. The van der Waals surface area contributed by atoms with E-state index < -0.39 is 0 Å². The van der Waals surface area contributed by atoms with E-state index in [2.05, 4.69) is 59.0 Å². The van der Waals surface area contributed by atoms with Crippen LogP contribution in [0.1, 0.15) is 24.2 Å². The van der Waals surface area contributed by atoms with Gasteiger partial charge >= 0.3 is 0 Å². The molecule has 6 nitrogen and oxygen atoms in total. The highest BCUT2D eigenvalue weighted by Gasteiger charge is 2.23. The van der Waals surface area contributed by atoms with E-state index in [1.54, 1.807) is 0 Å². The highest BCUT2D eigenvalue weighted by molar-refractivity contribution is 14.0. The molecule has 1 aliphatic rings. The van der Waals surface area contributed by atoms with Crippen molar-refractivity contribution in [3.8, 4) is 0 Å². The number of rotatable bonds is 7. The predicted octanol–water partition coefficient (Wildman–Crippen LogP) is 3.25. The van der Waals surface area contributed by atoms with E-state index in [0.29, 0.717) is 6.54 Å². The van der Waals surface area contributed by atoms with Crippen LogP contribution in [-0.4, -0.2) is 66.8 Å². The first-order chi connectivity index (χ1) is 14.1. The van der Waals surface area contributed by atoms with Gasteiger partial charge in [-0.25, -0.2) is 4.39 Å². The summed E-state index contributed by atoms with van der Waals surface area (Å²) in [6.45, 7) is 7.39. The molecular weight excluding hydrogens is 496 g/mol. The van der Waals surface area contributed by atoms with Gasteiger partial charge in [0.1, 0.15) is 5.82 Å². The lowest BCUT2D eigenvalue weighted by Gasteiger charge is -2.34. The fourth-order valence-electron chi connectivity index (χ4n) is 3.63. The van der Waals surface area contributed by atoms with Gasteiger partial charge in [-0.1, -0.05) is 12.1 Å². The SMILES string of the molecule is CCNC(=NCC(c1ccc(F)cc1)N1CCOCC1)N(C)Cc1cccn1C.I. The molecule has 30 heavy (non-hydrogen) atoms. The summed E-state index contributed by atoms with van der Waals surface area (Å²) in [4.78, 5) is 9.46. The van der Waals surface area contributed by atoms with Gasteiger partial charge in [-0.15, -0.1) is 24.0 Å². The molecule has 0 aliphatic carbocycles. The molecule has 1 N–H and O–H groups in total. The van der Waals surface area contributed by atoms with Crippen LogP contribution in [0.25, 0.3) is 0 Å². The number of ether oxygens (including phenoxy) is 1. The van der Waals surface area contributed by atoms with Crippen LogP contribution in [-0.2, 0) is 18.3 Å². The van der Waals surface area contributed by atoms with Crippen LogP contribution in [0, 0.1) is 5.82 Å². The summed E-state index contributed by atoms with van der Waals surface area (Å²) < 4.78 is 21.1. The maximum Gasteiger partial charge on any atom is 0.194 e. The maximum absolute atomic E-state index is 13.4. The molecule has 1 unspecified atom stereocenters. The molecule has 8 heteroatoms. The van der Waals surface area contributed by atoms with Gasteiger partial charge in [0.05, 0.1) is 32.3 Å². The number of aryl methyl sites for hydroxylation is 1. The van der Waals surface area contributed by atoms with Crippen LogP contribution >= 0.6 is 24.0 Å². The maximum atomic E-state index is 13.4. The zero-order chi connectivity index (χ0) is 20.6. The van der Waals surface area contributed by atoms with Gasteiger partial charge < -0.3 is 19.5 Å². The molecule has 1 aliphatic heterocycles. The van der Waals surface area contributed by atoms with E-state index in [9.17, 15) is 4.39 Å². The number of hydrogen-bond donors (Lipinski definition) is 1. The number of halogens is 2. The van der Waals surface area contributed by atoms with Crippen LogP contribution in [0.15, 0.2) is 47.6 Å². The molecule has 0 spiro atoms. The van der Waals surface area contributed by atoms with Crippen LogP contribution in [0.4, 0.5) is 4.39 Å². The van der Waals surface area contributed by atoms with E-state index in [4.69, 9.17) is 9.73 Å². The summed E-state index contributed by atoms with van der Waals surface area (Å²) in [5.41, 5.74) is 2.30. The molecule has 1 aromatic heterocycles. The van der Waals surface area contributed by atoms with Gasteiger partial charge in [0, 0.05) is 45.6 Å². The molecule has 1 fully saturated rings. The summed E-state index contributed by atoms with van der Waals surface area (Å²) in [7, 11) is 4.10. The smallest absolute Gasteiger partial charge is 0.194 e. The third-order valence-corrected chi connectivity index (χ3v) is 5.30. The number of nitrogens with one attached hydrogen (secondary N) is 1. The molecular formula is C22H33FIN5O. The summed E-state index contributed by atoms with van der Waals surface area (Å²) in [5.74, 6) is 0.655. The monoisotopic (exact) mass is 529 g/mol. The van der Waals surface area contributed by atoms with E-state index in [1.807, 2.05) is 12.1 Å². The van der Waals surface area contributed by atoms with Gasteiger partial charge in [-0.2, -0.15) is 0 Å². The Morgan fingerprint density at radius 3 is 2.53 bits per heavy atom. The van der Waals surface area contributed by atoms with E-state index in [1.165, 1.54) is 17.8 Å². The van der Waals surface area contributed by atoms with Crippen molar-refractivity contribution < 1.29 is 9.13 Å². The van der Waals surface area contributed by atoms with Crippen molar-refractivity contribution in [1.29, 1.82) is 0 Å². The van der Waals surface area contributed by atoms with Crippen molar-refractivity contribution >= 4 is 29.9 Å². The average molecular weight is 529 g/mol. The Kier molecular flexibility index (Phi) is 10.1. The lowest BCUT2D eigenvalue weighted by molar-refractivity contribution is 0.0179. The third-order valence-electron chi connectivity index (χ3n) is 5.30. The number of morpholine rings is 1. The van der Waals surface area contributed by atoms with Gasteiger partial charge in [0.15, 0.2) is 5.96 Å². The largest absolute Gasteiger partial charge is 0.379 e. The van der Waals surface area contributed by atoms with Crippen molar-refractivity contribution in [2.75, 3.05) is 46.4 Å². The molecule has 2 aromatic rings. The number of guanidine groups is 1. The quantitative estimate of drug-likeness (QED) is 0.340. The van der Waals surface area contributed by atoms with Gasteiger partial charge in [0.25, 0.3) is 0 Å². The van der Waals surface area contributed by atoms with Gasteiger partial charge in [-0.05, 0) is 36.8 Å². The molecule has 0 amide bonds. The minimum absolute atomic E-state index is 0. The standard InChI is InChI=1S/C22H32FN5O.HI/c1-4-24-22(27(3)17-20-6-5-11-26(20)2)25-16-21(28-12-14-29-15-13-28)18-7-9-19(23)10-8-18;/h5-11,21H,4,12-17H2,1-3H3,(H,24,25);1H. The molecule has 166 valence electrons. The molecule has 1 saturated heterocycles. The molecule has 0 bridgehead atoms. The van der Waals surface area contributed by atoms with Crippen molar-refractivity contribution in [1.82, 2.24) is 19.7 Å². The highest BCUT2D eigenvalue weighted by Crippen LogP contribution is 2.23. The van der Waals surface area contributed by atoms with Crippen molar-refractivity contribution in [3.05, 3.63) is 59.7 Å². The van der Waals surface area contributed by atoms with Crippen molar-refractivity contribution in [2.45, 2.75) is 19.5 Å². The van der Waals surface area contributed by atoms with Gasteiger partial charge in [0.2, 0.25) is 0 Å². The number of aromatic nitrogens is 1. The molecule has 0 saturated carbocycles. The Hall–Kier alpha value is -1.65. The van der Waals surface area contributed by atoms with Crippen LogP contribution in [0.5, 0.6) is 0 Å². The normalized spacial score (nSPS) is 16.1. The molecule has 0 radical (unpaired) electrons. The van der Waals surface area contributed by atoms with Crippen LogP contribution in [0.2, 0.25) is 0 Å². The number of hydrogen-bond acceptors (Lipinski definition) is 3. The van der Waals surface area contributed by atoms with E-state index in [0.717, 1.165) is 50.9 Å². The van der Waals surface area contributed by atoms with Crippen LogP contribution in [0.3, 0.4) is 0 Å². The topological polar surface area (TPSA) is 45.0 Å². The van der Waals surface area contributed by atoms with E-state index >= 15 is 0 Å². The molecule has 2 heterocycles. The summed E-state index contributed by atoms with van der Waals surface area (Å²) in [6, 6.07) is 11.1. The Labute approximate surface area is 196 Å². The highest BCUT2D eigenvalue weighted by atomic mass is 127. The fraction of sp³-hybridized carbons (Fsp3) is 0.500. The Balaban J connectivity index is 0.00000320. The predicted molar refractivity (Wildman–Crippen MR) is 130 cm³/mol. The van der Waals surface area contributed by atoms with Crippen molar-refractivity contribution in [3.63, 3.8) is 0 Å². The number of aliphatic imine (C=N–C) groups is 1.